The number of carbonyl (C=O) groups is 1. The molecule has 2 saturated heterocycles. The molecule has 2 aliphatic heterocycles. The monoisotopic (exact) mass is 311 g/mol. The molecule has 1 N–H and O–H groups in total. The number of fused-ring (bicyclic) bond motifs is 2. The van der Waals surface area contributed by atoms with E-state index in [1.54, 1.807) is 12.1 Å². The van der Waals surface area contributed by atoms with E-state index >= 15 is 0 Å². The minimum absolute atomic E-state index is 0.0573. The number of piperazine rings is 1. The predicted octanol–water partition coefficient (Wildman–Crippen LogP) is 1.84. The first-order valence-corrected chi connectivity index (χ1v) is 8.38. The lowest BCUT2D eigenvalue weighted by atomic mass is 9.99. The van der Waals surface area contributed by atoms with Crippen LogP contribution < -0.4 is 5.56 Å². The number of aromatic nitrogens is 1. The van der Waals surface area contributed by atoms with Crippen LogP contribution in [0.2, 0.25) is 0 Å². The van der Waals surface area contributed by atoms with Gasteiger partial charge in [0.1, 0.15) is 5.69 Å². The second kappa shape index (κ2) is 5.81. The van der Waals surface area contributed by atoms with E-state index in [-0.39, 0.29) is 11.5 Å². The number of carbonyl (C=O) groups excluding carboxylic acids is 1. The second-order valence-corrected chi connectivity index (χ2v) is 6.54. The van der Waals surface area contributed by atoms with Crippen LogP contribution >= 0.6 is 0 Å². The van der Waals surface area contributed by atoms with Crippen LogP contribution in [0, 0.1) is 0 Å². The largest absolute Gasteiger partial charge is 0.335 e. The van der Waals surface area contributed by atoms with Crippen molar-refractivity contribution in [3.8, 4) is 0 Å². The molecule has 2 fully saturated rings. The summed E-state index contributed by atoms with van der Waals surface area (Å²) in [6.45, 7) is 3.60. The number of hydrogen-bond donors (Lipinski definition) is 1. The minimum Gasteiger partial charge on any atom is -0.335 e. The van der Waals surface area contributed by atoms with E-state index in [9.17, 15) is 9.59 Å². The van der Waals surface area contributed by atoms with Crippen molar-refractivity contribution in [2.45, 2.75) is 25.3 Å². The van der Waals surface area contributed by atoms with Crippen LogP contribution in [0.1, 0.15) is 29.8 Å². The molecule has 1 aromatic carbocycles. The molecule has 2 aliphatic rings. The van der Waals surface area contributed by atoms with Gasteiger partial charge in [-0.3, -0.25) is 14.5 Å². The van der Waals surface area contributed by atoms with Crippen molar-refractivity contribution >= 4 is 16.7 Å². The number of pyridine rings is 1. The molecule has 0 spiro atoms. The molecule has 1 amide bonds. The highest BCUT2D eigenvalue weighted by Crippen LogP contribution is 2.22. The standard InChI is InChI=1S/C18H21N3O2/c22-17-15-7-2-1-5-13(15)11-16(19-17)18(23)21-10-9-20-8-4-3-6-14(20)12-21/h1-2,5,7,11,14H,3-4,6,8-10,12H2,(H,19,22). The van der Waals surface area contributed by atoms with E-state index in [0.29, 0.717) is 17.1 Å². The minimum atomic E-state index is -0.192. The van der Waals surface area contributed by atoms with Gasteiger partial charge in [0.05, 0.1) is 0 Å². The van der Waals surface area contributed by atoms with Crippen molar-refractivity contribution in [3.05, 3.63) is 46.4 Å². The Morgan fingerprint density at radius 2 is 2.00 bits per heavy atom. The van der Waals surface area contributed by atoms with Gasteiger partial charge in [0.15, 0.2) is 0 Å². The van der Waals surface area contributed by atoms with Crippen molar-refractivity contribution in [2.75, 3.05) is 26.2 Å². The van der Waals surface area contributed by atoms with Gasteiger partial charge in [-0.05, 0) is 36.9 Å². The highest BCUT2D eigenvalue weighted by molar-refractivity contribution is 5.96. The van der Waals surface area contributed by atoms with E-state index in [1.165, 1.54) is 12.8 Å². The van der Waals surface area contributed by atoms with Crippen LogP contribution in [-0.2, 0) is 0 Å². The zero-order chi connectivity index (χ0) is 15.8. The number of benzene rings is 1. The van der Waals surface area contributed by atoms with E-state index in [4.69, 9.17) is 0 Å². The number of aromatic amines is 1. The molecular weight excluding hydrogens is 290 g/mol. The van der Waals surface area contributed by atoms with Crippen LogP contribution in [0.3, 0.4) is 0 Å². The van der Waals surface area contributed by atoms with Gasteiger partial charge >= 0.3 is 0 Å². The predicted molar refractivity (Wildman–Crippen MR) is 89.7 cm³/mol. The lowest BCUT2D eigenvalue weighted by molar-refractivity contribution is 0.0368. The van der Waals surface area contributed by atoms with Gasteiger partial charge in [-0.2, -0.15) is 0 Å². The molecule has 1 aromatic heterocycles. The number of H-pyrrole nitrogens is 1. The van der Waals surface area contributed by atoms with E-state index in [2.05, 4.69) is 9.88 Å². The molecule has 1 unspecified atom stereocenters. The zero-order valence-corrected chi connectivity index (χ0v) is 13.1. The number of amides is 1. The summed E-state index contributed by atoms with van der Waals surface area (Å²) in [5.74, 6) is -0.0573. The number of hydrogen-bond acceptors (Lipinski definition) is 3. The van der Waals surface area contributed by atoms with E-state index in [0.717, 1.165) is 38.0 Å². The Bertz CT molecular complexity index is 798. The van der Waals surface area contributed by atoms with Crippen molar-refractivity contribution in [1.29, 1.82) is 0 Å². The Labute approximate surface area is 134 Å². The van der Waals surface area contributed by atoms with Crippen molar-refractivity contribution in [3.63, 3.8) is 0 Å². The molecule has 5 nitrogen and oxygen atoms in total. The van der Waals surface area contributed by atoms with Crippen LogP contribution in [0.25, 0.3) is 10.8 Å². The van der Waals surface area contributed by atoms with Gasteiger partial charge in [0.2, 0.25) is 0 Å². The number of piperidine rings is 1. The molecule has 2 aromatic rings. The van der Waals surface area contributed by atoms with Crippen LogP contribution in [0.4, 0.5) is 0 Å². The van der Waals surface area contributed by atoms with E-state index < -0.39 is 0 Å². The zero-order valence-electron chi connectivity index (χ0n) is 13.1. The fourth-order valence-corrected chi connectivity index (χ4v) is 3.84. The van der Waals surface area contributed by atoms with Gasteiger partial charge in [0.25, 0.3) is 11.5 Å². The Balaban J connectivity index is 1.60. The van der Waals surface area contributed by atoms with Crippen LogP contribution in [0.15, 0.2) is 35.1 Å². The molecule has 23 heavy (non-hydrogen) atoms. The molecule has 0 bridgehead atoms. The van der Waals surface area contributed by atoms with Gasteiger partial charge in [-0.15, -0.1) is 0 Å². The first-order chi connectivity index (χ1) is 11.2. The molecular formula is C18H21N3O2. The fraction of sp³-hybridized carbons (Fsp3) is 0.444. The first-order valence-electron chi connectivity index (χ1n) is 8.38. The van der Waals surface area contributed by atoms with Crippen molar-refractivity contribution in [1.82, 2.24) is 14.8 Å². The summed E-state index contributed by atoms with van der Waals surface area (Å²) in [7, 11) is 0. The Morgan fingerprint density at radius 1 is 1.13 bits per heavy atom. The number of rotatable bonds is 1. The summed E-state index contributed by atoms with van der Waals surface area (Å²) in [4.78, 5) is 32.1. The second-order valence-electron chi connectivity index (χ2n) is 6.54. The molecule has 0 saturated carbocycles. The quantitative estimate of drug-likeness (QED) is 0.874. The fourth-order valence-electron chi connectivity index (χ4n) is 3.84. The molecule has 4 rings (SSSR count). The summed E-state index contributed by atoms with van der Waals surface area (Å²) in [5, 5.41) is 1.44. The molecule has 120 valence electrons. The van der Waals surface area contributed by atoms with E-state index in [1.807, 2.05) is 23.1 Å². The summed E-state index contributed by atoms with van der Waals surface area (Å²) in [6.07, 6.45) is 3.68. The maximum Gasteiger partial charge on any atom is 0.270 e. The maximum atomic E-state index is 12.8. The third-order valence-electron chi connectivity index (χ3n) is 5.11. The van der Waals surface area contributed by atoms with Gasteiger partial charge in [-0.25, -0.2) is 0 Å². The third-order valence-corrected chi connectivity index (χ3v) is 5.11. The molecule has 5 heteroatoms. The average molecular weight is 311 g/mol. The van der Waals surface area contributed by atoms with Crippen molar-refractivity contribution in [2.24, 2.45) is 0 Å². The number of nitrogens with zero attached hydrogens (tertiary/aromatic N) is 2. The Hall–Kier alpha value is -2.14. The Kier molecular flexibility index (Phi) is 3.65. The topological polar surface area (TPSA) is 56.4 Å². The molecule has 0 radical (unpaired) electrons. The van der Waals surface area contributed by atoms with Gasteiger partial charge < -0.3 is 9.88 Å². The lowest BCUT2D eigenvalue weighted by Crippen LogP contribution is -2.56. The normalized spacial score (nSPS) is 22.1. The maximum absolute atomic E-state index is 12.8. The summed E-state index contributed by atoms with van der Waals surface area (Å²) < 4.78 is 0. The van der Waals surface area contributed by atoms with Gasteiger partial charge in [-0.1, -0.05) is 24.6 Å². The van der Waals surface area contributed by atoms with Crippen molar-refractivity contribution < 1.29 is 4.79 Å². The first kappa shape index (κ1) is 14.5. The average Bonchev–Trinajstić information content (AvgIpc) is 2.60. The summed E-state index contributed by atoms with van der Waals surface area (Å²) >= 11 is 0. The molecule has 0 aliphatic carbocycles. The smallest absolute Gasteiger partial charge is 0.270 e. The third kappa shape index (κ3) is 2.65. The Morgan fingerprint density at radius 3 is 2.91 bits per heavy atom. The summed E-state index contributed by atoms with van der Waals surface area (Å²) in [5.41, 5.74) is 0.209. The summed E-state index contributed by atoms with van der Waals surface area (Å²) in [6, 6.07) is 9.65. The lowest BCUT2D eigenvalue weighted by Gasteiger charge is -2.43. The van der Waals surface area contributed by atoms with Gasteiger partial charge in [0, 0.05) is 31.1 Å². The van der Waals surface area contributed by atoms with Crippen LogP contribution in [0.5, 0.6) is 0 Å². The molecule has 1 atom stereocenters. The van der Waals surface area contributed by atoms with Crippen LogP contribution in [-0.4, -0.2) is 52.9 Å². The number of nitrogens with one attached hydrogen (secondary N) is 1. The molecule has 3 heterocycles. The highest BCUT2D eigenvalue weighted by Gasteiger charge is 2.31. The SMILES string of the molecule is O=C(c1cc2ccccc2c(=O)[nH]1)N1CCN2CCCCC2C1. The highest BCUT2D eigenvalue weighted by atomic mass is 16.2.